The zero-order valence-corrected chi connectivity index (χ0v) is 13.4. The maximum atomic E-state index is 11.5. The van der Waals surface area contributed by atoms with Crippen LogP contribution in [-0.2, 0) is 6.42 Å². The number of thiophene rings is 1. The lowest BCUT2D eigenvalue weighted by Gasteiger charge is -2.04. The SMILES string of the molecule is CC(C)Sc1sc(C(=O)O)c(Cc2ccccc2)c1C#N. The van der Waals surface area contributed by atoms with Crippen molar-refractivity contribution in [3.63, 3.8) is 0 Å². The van der Waals surface area contributed by atoms with Crippen molar-refractivity contribution in [2.75, 3.05) is 0 Å². The number of benzene rings is 1. The molecule has 2 rings (SSSR count). The fourth-order valence-corrected chi connectivity index (χ4v) is 4.57. The zero-order chi connectivity index (χ0) is 15.4. The highest BCUT2D eigenvalue weighted by Crippen LogP contribution is 2.38. The van der Waals surface area contributed by atoms with Gasteiger partial charge < -0.3 is 5.11 Å². The smallest absolute Gasteiger partial charge is 0.346 e. The number of nitrogens with zero attached hydrogens (tertiary/aromatic N) is 1. The fourth-order valence-electron chi connectivity index (χ4n) is 1.99. The Bertz CT molecular complexity index is 684. The van der Waals surface area contributed by atoms with Gasteiger partial charge in [-0.15, -0.1) is 23.1 Å². The molecule has 21 heavy (non-hydrogen) atoms. The topological polar surface area (TPSA) is 61.1 Å². The molecule has 0 saturated carbocycles. The van der Waals surface area contributed by atoms with Gasteiger partial charge in [0, 0.05) is 17.2 Å². The molecule has 1 heterocycles. The Labute approximate surface area is 132 Å². The number of hydrogen-bond acceptors (Lipinski definition) is 4. The first kappa shape index (κ1) is 15.6. The van der Waals surface area contributed by atoms with E-state index in [1.165, 1.54) is 11.3 Å². The molecule has 0 radical (unpaired) electrons. The van der Waals surface area contributed by atoms with E-state index < -0.39 is 5.97 Å². The van der Waals surface area contributed by atoms with Gasteiger partial charge in [0.15, 0.2) is 0 Å². The monoisotopic (exact) mass is 317 g/mol. The van der Waals surface area contributed by atoms with E-state index in [0.717, 1.165) is 9.77 Å². The number of rotatable bonds is 5. The number of carboxylic acids is 1. The second-order valence-electron chi connectivity index (χ2n) is 4.82. The lowest BCUT2D eigenvalue weighted by Crippen LogP contribution is -2.00. The molecule has 0 unspecified atom stereocenters. The van der Waals surface area contributed by atoms with Crippen LogP contribution in [0.3, 0.4) is 0 Å². The van der Waals surface area contributed by atoms with Crippen molar-refractivity contribution in [1.29, 1.82) is 5.26 Å². The van der Waals surface area contributed by atoms with E-state index in [1.54, 1.807) is 11.8 Å². The van der Waals surface area contributed by atoms with Gasteiger partial charge in [-0.1, -0.05) is 44.2 Å². The van der Waals surface area contributed by atoms with Crippen LogP contribution < -0.4 is 0 Å². The molecule has 108 valence electrons. The largest absolute Gasteiger partial charge is 0.477 e. The maximum absolute atomic E-state index is 11.5. The van der Waals surface area contributed by atoms with Crippen LogP contribution in [0.25, 0.3) is 0 Å². The van der Waals surface area contributed by atoms with E-state index in [0.29, 0.717) is 22.8 Å². The predicted molar refractivity (Wildman–Crippen MR) is 86.2 cm³/mol. The Morgan fingerprint density at radius 1 is 1.38 bits per heavy atom. The van der Waals surface area contributed by atoms with Crippen molar-refractivity contribution in [3.05, 3.63) is 51.9 Å². The summed E-state index contributed by atoms with van der Waals surface area (Å²) in [6.45, 7) is 4.06. The molecule has 1 aromatic carbocycles. The Hall–Kier alpha value is -1.77. The van der Waals surface area contributed by atoms with Gasteiger partial charge >= 0.3 is 5.97 Å². The van der Waals surface area contributed by atoms with Gasteiger partial charge in [-0.05, 0) is 5.56 Å². The lowest BCUT2D eigenvalue weighted by molar-refractivity contribution is 0.0701. The van der Waals surface area contributed by atoms with Gasteiger partial charge in [0.25, 0.3) is 0 Å². The third-order valence-electron chi connectivity index (χ3n) is 2.85. The highest BCUT2D eigenvalue weighted by molar-refractivity contribution is 8.01. The average Bonchev–Trinajstić information content (AvgIpc) is 2.77. The average molecular weight is 317 g/mol. The first-order valence-electron chi connectivity index (χ1n) is 6.52. The Balaban J connectivity index is 2.49. The molecule has 5 heteroatoms. The van der Waals surface area contributed by atoms with Gasteiger partial charge in [0.05, 0.1) is 9.77 Å². The summed E-state index contributed by atoms with van der Waals surface area (Å²) in [5, 5.41) is 19.1. The van der Waals surface area contributed by atoms with Crippen LogP contribution in [0.2, 0.25) is 0 Å². The first-order chi connectivity index (χ1) is 10.0. The van der Waals surface area contributed by atoms with Crippen molar-refractivity contribution in [2.45, 2.75) is 29.7 Å². The quantitative estimate of drug-likeness (QED) is 0.830. The molecule has 0 aliphatic carbocycles. The molecule has 0 amide bonds. The Kier molecular flexibility index (Phi) is 5.05. The molecule has 2 aromatic rings. The maximum Gasteiger partial charge on any atom is 0.346 e. The Morgan fingerprint density at radius 3 is 2.57 bits per heavy atom. The second kappa shape index (κ2) is 6.79. The summed E-state index contributed by atoms with van der Waals surface area (Å²) < 4.78 is 0.802. The third kappa shape index (κ3) is 3.66. The molecule has 0 atom stereocenters. The van der Waals surface area contributed by atoms with E-state index in [9.17, 15) is 15.2 Å². The van der Waals surface area contributed by atoms with E-state index in [-0.39, 0.29) is 4.88 Å². The molecule has 3 nitrogen and oxygen atoms in total. The summed E-state index contributed by atoms with van der Waals surface area (Å²) in [6.07, 6.45) is 0.473. The highest BCUT2D eigenvalue weighted by atomic mass is 32.2. The van der Waals surface area contributed by atoms with Crippen molar-refractivity contribution >= 4 is 29.1 Å². The normalized spacial score (nSPS) is 10.6. The number of hydrogen-bond donors (Lipinski definition) is 1. The number of carboxylic acid groups (broad SMARTS) is 1. The summed E-state index contributed by atoms with van der Waals surface area (Å²) in [5.41, 5.74) is 2.15. The van der Waals surface area contributed by atoms with Crippen LogP contribution in [0.1, 0.15) is 40.2 Å². The van der Waals surface area contributed by atoms with Crippen LogP contribution in [0.4, 0.5) is 0 Å². The Morgan fingerprint density at radius 2 is 2.05 bits per heavy atom. The zero-order valence-electron chi connectivity index (χ0n) is 11.8. The minimum atomic E-state index is -0.960. The second-order valence-corrected chi connectivity index (χ2v) is 7.68. The molecular weight excluding hydrogens is 302 g/mol. The lowest BCUT2D eigenvalue weighted by atomic mass is 10.0. The molecule has 0 fully saturated rings. The van der Waals surface area contributed by atoms with Gasteiger partial charge in [-0.2, -0.15) is 5.26 Å². The number of carbonyl (C=O) groups is 1. The first-order valence-corrected chi connectivity index (χ1v) is 8.22. The number of thioether (sulfide) groups is 1. The van der Waals surface area contributed by atoms with Crippen LogP contribution >= 0.6 is 23.1 Å². The molecule has 0 spiro atoms. The van der Waals surface area contributed by atoms with Gasteiger partial charge in [0.1, 0.15) is 10.9 Å². The van der Waals surface area contributed by atoms with E-state index >= 15 is 0 Å². The standard InChI is InChI=1S/C16H15NO2S2/c1-10(2)20-16-13(9-17)12(14(21-16)15(18)19)8-11-6-4-3-5-7-11/h3-7,10H,8H2,1-2H3,(H,18,19). The number of aromatic carboxylic acids is 1. The van der Waals surface area contributed by atoms with Gasteiger partial charge in [0.2, 0.25) is 0 Å². The summed E-state index contributed by atoms with van der Waals surface area (Å²) in [5.74, 6) is -0.960. The predicted octanol–water partition coefficient (Wildman–Crippen LogP) is 4.41. The molecule has 0 saturated heterocycles. The van der Waals surface area contributed by atoms with Crippen molar-refractivity contribution in [2.24, 2.45) is 0 Å². The van der Waals surface area contributed by atoms with E-state index in [1.807, 2.05) is 44.2 Å². The summed E-state index contributed by atoms with van der Waals surface area (Å²) in [6, 6.07) is 11.8. The van der Waals surface area contributed by atoms with E-state index in [2.05, 4.69) is 6.07 Å². The summed E-state index contributed by atoms with van der Waals surface area (Å²) in [7, 11) is 0. The fraction of sp³-hybridized carbons (Fsp3) is 0.250. The summed E-state index contributed by atoms with van der Waals surface area (Å²) >= 11 is 2.75. The molecular formula is C16H15NO2S2. The molecule has 0 bridgehead atoms. The van der Waals surface area contributed by atoms with Crippen molar-refractivity contribution in [1.82, 2.24) is 0 Å². The summed E-state index contributed by atoms with van der Waals surface area (Å²) in [4.78, 5) is 11.7. The highest BCUT2D eigenvalue weighted by Gasteiger charge is 2.23. The molecule has 0 aliphatic rings. The van der Waals surface area contributed by atoms with Crippen molar-refractivity contribution in [3.8, 4) is 6.07 Å². The minimum absolute atomic E-state index is 0.276. The van der Waals surface area contributed by atoms with E-state index in [4.69, 9.17) is 0 Å². The molecule has 1 N–H and O–H groups in total. The molecule has 0 aliphatic heterocycles. The van der Waals surface area contributed by atoms with Gasteiger partial charge in [-0.25, -0.2) is 4.79 Å². The van der Waals surface area contributed by atoms with Gasteiger partial charge in [-0.3, -0.25) is 0 Å². The van der Waals surface area contributed by atoms with Crippen LogP contribution in [0.15, 0.2) is 34.5 Å². The van der Waals surface area contributed by atoms with Crippen LogP contribution in [0.5, 0.6) is 0 Å². The minimum Gasteiger partial charge on any atom is -0.477 e. The van der Waals surface area contributed by atoms with Crippen molar-refractivity contribution < 1.29 is 9.90 Å². The third-order valence-corrected chi connectivity index (χ3v) is 5.29. The van der Waals surface area contributed by atoms with Crippen LogP contribution in [-0.4, -0.2) is 16.3 Å². The molecule has 1 aromatic heterocycles. The number of nitriles is 1. The van der Waals surface area contributed by atoms with Crippen LogP contribution in [0, 0.1) is 11.3 Å².